The van der Waals surface area contributed by atoms with Gasteiger partial charge in [0, 0.05) is 0 Å². The number of esters is 1. The molecule has 1 rings (SSSR count). The van der Waals surface area contributed by atoms with Gasteiger partial charge in [0.25, 0.3) is 0 Å². The standard InChI is InChI=1S/C10H14N2O3S/c1-4-8(6(2)13)16-10-11-5-7(12-10)9(14)15-3/h5,8H,4H2,1-3H3,(H,11,12). The summed E-state index contributed by atoms with van der Waals surface area (Å²) in [4.78, 5) is 29.2. The Morgan fingerprint density at radius 3 is 2.81 bits per heavy atom. The van der Waals surface area contributed by atoms with Gasteiger partial charge in [0.05, 0.1) is 18.6 Å². The molecule has 0 radical (unpaired) electrons. The van der Waals surface area contributed by atoms with Gasteiger partial charge in [-0.05, 0) is 13.3 Å². The minimum absolute atomic E-state index is 0.100. The Morgan fingerprint density at radius 1 is 1.62 bits per heavy atom. The summed E-state index contributed by atoms with van der Waals surface area (Å²) in [7, 11) is 1.31. The lowest BCUT2D eigenvalue weighted by Crippen LogP contribution is -2.12. The molecule has 6 heteroatoms. The number of rotatable bonds is 5. The molecule has 0 aliphatic carbocycles. The maximum absolute atomic E-state index is 11.2. The Balaban J connectivity index is 2.71. The molecule has 16 heavy (non-hydrogen) atoms. The second-order valence-corrected chi connectivity index (χ2v) is 4.41. The summed E-state index contributed by atoms with van der Waals surface area (Å²) >= 11 is 1.32. The first-order chi connectivity index (χ1) is 7.58. The molecule has 88 valence electrons. The third-order valence-electron chi connectivity index (χ3n) is 2.04. The van der Waals surface area contributed by atoms with Crippen LogP contribution in [-0.4, -0.2) is 34.1 Å². The topological polar surface area (TPSA) is 72.0 Å². The van der Waals surface area contributed by atoms with Crippen LogP contribution in [0.2, 0.25) is 0 Å². The number of ketones is 1. The average molecular weight is 242 g/mol. The van der Waals surface area contributed by atoms with Crippen molar-refractivity contribution in [2.24, 2.45) is 0 Å². The summed E-state index contributed by atoms with van der Waals surface area (Å²) in [5.74, 6) is -0.362. The van der Waals surface area contributed by atoms with Gasteiger partial charge in [0.15, 0.2) is 5.16 Å². The fourth-order valence-electron chi connectivity index (χ4n) is 1.17. The third kappa shape index (κ3) is 3.10. The highest BCUT2D eigenvalue weighted by Gasteiger charge is 2.16. The molecule has 1 heterocycles. The molecule has 0 fully saturated rings. The predicted molar refractivity (Wildman–Crippen MR) is 60.5 cm³/mol. The fraction of sp³-hybridized carbons (Fsp3) is 0.500. The summed E-state index contributed by atoms with van der Waals surface area (Å²) in [6.45, 7) is 3.48. The Kier molecular flexibility index (Phi) is 4.54. The summed E-state index contributed by atoms with van der Waals surface area (Å²) < 4.78 is 4.54. The lowest BCUT2D eigenvalue weighted by atomic mass is 10.2. The fourth-order valence-corrected chi connectivity index (χ4v) is 2.05. The first-order valence-electron chi connectivity index (χ1n) is 4.88. The number of hydrogen-bond donors (Lipinski definition) is 1. The van der Waals surface area contributed by atoms with Crippen LogP contribution in [0.1, 0.15) is 30.8 Å². The van der Waals surface area contributed by atoms with E-state index in [4.69, 9.17) is 0 Å². The van der Waals surface area contributed by atoms with Gasteiger partial charge in [-0.2, -0.15) is 0 Å². The van der Waals surface area contributed by atoms with Crippen molar-refractivity contribution in [3.05, 3.63) is 11.9 Å². The molecule has 1 unspecified atom stereocenters. The lowest BCUT2D eigenvalue weighted by Gasteiger charge is -2.07. The third-order valence-corrected chi connectivity index (χ3v) is 3.42. The number of methoxy groups -OCH3 is 1. The zero-order chi connectivity index (χ0) is 12.1. The molecular weight excluding hydrogens is 228 g/mol. The summed E-state index contributed by atoms with van der Waals surface area (Å²) in [6, 6.07) is 0. The van der Waals surface area contributed by atoms with E-state index in [-0.39, 0.29) is 11.0 Å². The van der Waals surface area contributed by atoms with Gasteiger partial charge in [-0.3, -0.25) is 4.79 Å². The minimum Gasteiger partial charge on any atom is -0.464 e. The minimum atomic E-state index is -0.463. The maximum atomic E-state index is 11.2. The number of H-pyrrole nitrogens is 1. The number of imidazole rings is 1. The summed E-state index contributed by atoms with van der Waals surface area (Å²) in [6.07, 6.45) is 2.13. The maximum Gasteiger partial charge on any atom is 0.356 e. The quantitative estimate of drug-likeness (QED) is 0.628. The molecule has 0 saturated carbocycles. The second kappa shape index (κ2) is 5.69. The first kappa shape index (κ1) is 12.8. The van der Waals surface area contributed by atoms with Crippen LogP contribution < -0.4 is 0 Å². The second-order valence-electron chi connectivity index (χ2n) is 3.22. The van der Waals surface area contributed by atoms with Crippen molar-refractivity contribution in [3.63, 3.8) is 0 Å². The van der Waals surface area contributed by atoms with E-state index in [1.807, 2.05) is 6.92 Å². The Bertz CT molecular complexity index is 389. The molecule has 0 saturated heterocycles. The van der Waals surface area contributed by atoms with Crippen molar-refractivity contribution in [2.45, 2.75) is 30.7 Å². The summed E-state index contributed by atoms with van der Waals surface area (Å²) in [5, 5.41) is 0.430. The lowest BCUT2D eigenvalue weighted by molar-refractivity contribution is -0.116. The van der Waals surface area contributed by atoms with E-state index in [1.54, 1.807) is 6.92 Å². The SMILES string of the molecule is CCC(Sc1ncc(C(=O)OC)[nH]1)C(C)=O. The van der Waals surface area contributed by atoms with Crippen molar-refractivity contribution in [1.29, 1.82) is 0 Å². The van der Waals surface area contributed by atoms with Gasteiger partial charge in [-0.25, -0.2) is 9.78 Å². The Labute approximate surface area is 98.0 Å². The van der Waals surface area contributed by atoms with Crippen LogP contribution in [0.25, 0.3) is 0 Å². The van der Waals surface area contributed by atoms with Crippen LogP contribution in [0.4, 0.5) is 0 Å². The molecule has 1 atom stereocenters. The van der Waals surface area contributed by atoms with E-state index in [0.717, 1.165) is 6.42 Å². The van der Waals surface area contributed by atoms with Gasteiger partial charge in [-0.15, -0.1) is 0 Å². The zero-order valence-electron chi connectivity index (χ0n) is 9.44. The van der Waals surface area contributed by atoms with Crippen molar-refractivity contribution >= 4 is 23.5 Å². The summed E-state index contributed by atoms with van der Waals surface area (Å²) in [5.41, 5.74) is 0.295. The highest BCUT2D eigenvalue weighted by molar-refractivity contribution is 8.00. The van der Waals surface area contributed by atoms with Crippen LogP contribution in [0.5, 0.6) is 0 Å². The van der Waals surface area contributed by atoms with Crippen molar-refractivity contribution in [2.75, 3.05) is 7.11 Å². The van der Waals surface area contributed by atoms with E-state index < -0.39 is 5.97 Å². The molecular formula is C10H14N2O3S. The number of carbonyl (C=O) groups is 2. The Morgan fingerprint density at radius 2 is 2.31 bits per heavy atom. The van der Waals surface area contributed by atoms with E-state index in [1.165, 1.54) is 25.1 Å². The van der Waals surface area contributed by atoms with Gasteiger partial charge in [-0.1, -0.05) is 18.7 Å². The monoisotopic (exact) mass is 242 g/mol. The van der Waals surface area contributed by atoms with E-state index in [9.17, 15) is 9.59 Å². The van der Waals surface area contributed by atoms with E-state index in [0.29, 0.717) is 10.9 Å². The van der Waals surface area contributed by atoms with Crippen LogP contribution in [0.15, 0.2) is 11.4 Å². The largest absolute Gasteiger partial charge is 0.464 e. The van der Waals surface area contributed by atoms with E-state index in [2.05, 4.69) is 14.7 Å². The van der Waals surface area contributed by atoms with E-state index >= 15 is 0 Å². The van der Waals surface area contributed by atoms with Gasteiger partial charge >= 0.3 is 5.97 Å². The number of aromatic amines is 1. The predicted octanol–water partition coefficient (Wildman–Crippen LogP) is 1.66. The molecule has 1 N–H and O–H groups in total. The molecule has 1 aromatic heterocycles. The number of Topliss-reactive ketones (excluding diaryl/α,β-unsaturated/α-hetero) is 1. The van der Waals surface area contributed by atoms with Gasteiger partial charge < -0.3 is 9.72 Å². The van der Waals surface area contributed by atoms with Crippen molar-refractivity contribution < 1.29 is 14.3 Å². The molecule has 0 spiro atoms. The molecule has 5 nitrogen and oxygen atoms in total. The Hall–Kier alpha value is -1.30. The molecule has 0 bridgehead atoms. The average Bonchev–Trinajstić information content (AvgIpc) is 2.72. The molecule has 0 aliphatic heterocycles. The van der Waals surface area contributed by atoms with Crippen molar-refractivity contribution in [1.82, 2.24) is 9.97 Å². The normalized spacial score (nSPS) is 12.2. The van der Waals surface area contributed by atoms with Gasteiger partial charge in [0.1, 0.15) is 11.5 Å². The number of thioether (sulfide) groups is 1. The molecule has 0 amide bonds. The number of hydrogen-bond acceptors (Lipinski definition) is 5. The molecule has 0 aliphatic rings. The molecule has 0 aromatic carbocycles. The van der Waals surface area contributed by atoms with Crippen LogP contribution >= 0.6 is 11.8 Å². The highest BCUT2D eigenvalue weighted by Crippen LogP contribution is 2.23. The van der Waals surface area contributed by atoms with Crippen molar-refractivity contribution in [3.8, 4) is 0 Å². The smallest absolute Gasteiger partial charge is 0.356 e. The van der Waals surface area contributed by atoms with Crippen LogP contribution in [-0.2, 0) is 9.53 Å². The first-order valence-corrected chi connectivity index (χ1v) is 5.76. The van der Waals surface area contributed by atoms with Crippen LogP contribution in [0.3, 0.4) is 0 Å². The number of carbonyl (C=O) groups excluding carboxylic acids is 2. The number of aromatic nitrogens is 2. The molecule has 1 aromatic rings. The van der Waals surface area contributed by atoms with Gasteiger partial charge in [0.2, 0.25) is 0 Å². The van der Waals surface area contributed by atoms with Crippen LogP contribution in [0, 0.1) is 0 Å². The number of nitrogens with zero attached hydrogens (tertiary/aromatic N) is 1. The number of ether oxygens (including phenoxy) is 1. The zero-order valence-corrected chi connectivity index (χ0v) is 10.3. The highest BCUT2D eigenvalue weighted by atomic mass is 32.2. The number of nitrogens with one attached hydrogen (secondary N) is 1.